The molecule has 3 heterocycles. The number of carbonyl (C=O) groups is 2. The molecule has 0 aliphatic heterocycles. The van der Waals surface area contributed by atoms with Crippen LogP contribution in [0.4, 0.5) is 0 Å². The molecule has 50 heavy (non-hydrogen) atoms. The van der Waals surface area contributed by atoms with Gasteiger partial charge in [0.2, 0.25) is 11.8 Å². The number of nitrogens with zero attached hydrogens (tertiary/aromatic N) is 2. The number of thioether (sulfide) groups is 1. The van der Waals surface area contributed by atoms with Gasteiger partial charge in [0.1, 0.15) is 11.6 Å². The van der Waals surface area contributed by atoms with Gasteiger partial charge in [0, 0.05) is 38.9 Å². The molecular formula is C40H43N5O4S. The number of hydrogen-bond acceptors (Lipinski definition) is 7. The van der Waals surface area contributed by atoms with E-state index in [-0.39, 0.29) is 17.7 Å². The molecule has 6 rings (SSSR count). The number of benzene rings is 3. The molecule has 0 aliphatic rings. The number of H-pyrrole nitrogens is 2. The number of ketones is 1. The molecule has 0 radical (unpaired) electrons. The highest BCUT2D eigenvalue weighted by molar-refractivity contribution is 7.98. The summed E-state index contributed by atoms with van der Waals surface area (Å²) < 4.78 is 11.1. The van der Waals surface area contributed by atoms with Crippen molar-refractivity contribution in [2.24, 2.45) is 0 Å². The van der Waals surface area contributed by atoms with E-state index in [1.807, 2.05) is 92.9 Å². The Morgan fingerprint density at radius 2 is 1.74 bits per heavy atom. The molecule has 3 aromatic heterocycles. The fraction of sp³-hybridized carbons (Fsp3) is 0.300. The number of unbranched alkanes of at least 4 members (excludes halogenated alkanes) is 2. The molecule has 1 unspecified atom stereocenters. The third-order valence-electron chi connectivity index (χ3n) is 9.29. The number of fused-ring (bicyclic) bond motifs is 2. The average molecular weight is 690 g/mol. The minimum atomic E-state index is -0.438. The van der Waals surface area contributed by atoms with Gasteiger partial charge in [-0.05, 0) is 74.9 Å². The average Bonchev–Trinajstić information content (AvgIpc) is 3.77. The van der Waals surface area contributed by atoms with E-state index < -0.39 is 5.92 Å². The molecular weight excluding hydrogens is 647 g/mol. The molecule has 2 atom stereocenters. The third kappa shape index (κ3) is 7.40. The Balaban J connectivity index is 1.22. The largest absolute Gasteiger partial charge is 0.497 e. The normalized spacial score (nSPS) is 12.6. The van der Waals surface area contributed by atoms with Crippen molar-refractivity contribution >= 4 is 45.3 Å². The van der Waals surface area contributed by atoms with E-state index in [1.165, 1.54) is 0 Å². The zero-order valence-electron chi connectivity index (χ0n) is 29.1. The second-order valence-corrected chi connectivity index (χ2v) is 13.3. The summed E-state index contributed by atoms with van der Waals surface area (Å²) in [7, 11) is 3.25. The van der Waals surface area contributed by atoms with Crippen LogP contribution < -0.4 is 14.8 Å². The number of ether oxygens (including phenoxy) is 2. The van der Waals surface area contributed by atoms with Gasteiger partial charge in [-0.2, -0.15) is 0 Å². The summed E-state index contributed by atoms with van der Waals surface area (Å²) in [6, 6.07) is 23.2. The molecule has 3 N–H and O–H groups in total. The van der Waals surface area contributed by atoms with Crippen molar-refractivity contribution in [2.75, 3.05) is 20.5 Å². The van der Waals surface area contributed by atoms with Crippen molar-refractivity contribution in [1.82, 2.24) is 25.3 Å². The molecule has 258 valence electrons. The van der Waals surface area contributed by atoms with Gasteiger partial charge in [-0.15, -0.1) is 11.8 Å². The highest BCUT2D eigenvalue weighted by atomic mass is 32.2. The second kappa shape index (κ2) is 15.6. The van der Waals surface area contributed by atoms with Crippen molar-refractivity contribution < 1.29 is 19.1 Å². The van der Waals surface area contributed by atoms with Gasteiger partial charge in [-0.25, -0.2) is 9.97 Å². The van der Waals surface area contributed by atoms with Crippen molar-refractivity contribution in [3.05, 3.63) is 102 Å². The number of hydrogen-bond donors (Lipinski definition) is 3. The number of aryl methyl sites for hydroxylation is 1. The van der Waals surface area contributed by atoms with E-state index in [4.69, 9.17) is 19.4 Å². The minimum absolute atomic E-state index is 0.103. The van der Waals surface area contributed by atoms with Gasteiger partial charge >= 0.3 is 0 Å². The number of nitrogens with one attached hydrogen (secondary N) is 3. The number of aromatic nitrogens is 4. The smallest absolute Gasteiger partial charge is 0.227 e. The molecule has 6 aromatic rings. The Morgan fingerprint density at radius 3 is 2.54 bits per heavy atom. The quantitative estimate of drug-likeness (QED) is 0.0559. The predicted molar refractivity (Wildman–Crippen MR) is 200 cm³/mol. The number of aromatic amines is 2. The van der Waals surface area contributed by atoms with Crippen LogP contribution in [0, 0.1) is 6.92 Å². The second-order valence-electron chi connectivity index (χ2n) is 12.5. The zero-order chi connectivity index (χ0) is 35.2. The molecule has 0 saturated carbocycles. The number of pyridine rings is 1. The van der Waals surface area contributed by atoms with E-state index in [1.54, 1.807) is 32.2 Å². The van der Waals surface area contributed by atoms with E-state index >= 15 is 0 Å². The van der Waals surface area contributed by atoms with E-state index in [2.05, 4.69) is 15.3 Å². The maximum Gasteiger partial charge on any atom is 0.227 e. The number of imidazole rings is 1. The minimum Gasteiger partial charge on any atom is -0.497 e. The standard InChI is InChI=1S/C40H43N5O4S/c1-24(37-25(2)42-32-20-19-27(48-3)22-29(32)37)39(47)44-33(16-7-6-8-17-35(46)28-14-10-12-18-36(28)50-5)38-41-23-34(43-38)30-21-26-13-9-11-15-31(26)45-40(30)49-4/h9-15,18-24,33,42H,6-8,16-17H2,1-5H3,(H,41,43)(H,44,47)/t24?,33-/m0/s1. The summed E-state index contributed by atoms with van der Waals surface area (Å²) in [6.45, 7) is 3.92. The molecule has 0 bridgehead atoms. The monoisotopic (exact) mass is 689 g/mol. The molecule has 3 aromatic carbocycles. The van der Waals surface area contributed by atoms with Crippen LogP contribution in [0.25, 0.3) is 33.1 Å². The van der Waals surface area contributed by atoms with Crippen LogP contribution >= 0.6 is 11.8 Å². The van der Waals surface area contributed by atoms with Crippen LogP contribution in [0.15, 0.2) is 83.9 Å². The maximum absolute atomic E-state index is 14.0. The Labute approximate surface area is 296 Å². The maximum atomic E-state index is 14.0. The van der Waals surface area contributed by atoms with Crippen LogP contribution in [0.2, 0.25) is 0 Å². The molecule has 0 aliphatic carbocycles. The number of carbonyl (C=O) groups excluding carboxylic acids is 2. The van der Waals surface area contributed by atoms with E-state index in [0.717, 1.165) is 79.8 Å². The predicted octanol–water partition coefficient (Wildman–Crippen LogP) is 8.95. The van der Waals surface area contributed by atoms with Gasteiger partial charge in [0.15, 0.2) is 5.78 Å². The van der Waals surface area contributed by atoms with Gasteiger partial charge in [0.05, 0.1) is 49.2 Å². The highest BCUT2D eigenvalue weighted by Crippen LogP contribution is 2.34. The fourth-order valence-electron chi connectivity index (χ4n) is 6.63. The first kappa shape index (κ1) is 34.8. The van der Waals surface area contributed by atoms with E-state index in [0.29, 0.717) is 24.5 Å². The first-order chi connectivity index (χ1) is 24.3. The molecule has 10 heteroatoms. The van der Waals surface area contributed by atoms with Crippen molar-refractivity contribution in [3.8, 4) is 22.9 Å². The van der Waals surface area contributed by atoms with Crippen molar-refractivity contribution in [1.29, 1.82) is 0 Å². The van der Waals surface area contributed by atoms with Crippen LogP contribution in [0.3, 0.4) is 0 Å². The first-order valence-corrected chi connectivity index (χ1v) is 18.2. The Morgan fingerprint density at radius 1 is 0.940 bits per heavy atom. The zero-order valence-corrected chi connectivity index (χ0v) is 29.9. The first-order valence-electron chi connectivity index (χ1n) is 16.9. The van der Waals surface area contributed by atoms with Gasteiger partial charge in [-0.1, -0.05) is 49.2 Å². The Bertz CT molecular complexity index is 2140. The van der Waals surface area contributed by atoms with Crippen molar-refractivity contribution in [2.45, 2.75) is 62.8 Å². The van der Waals surface area contributed by atoms with Gasteiger partial charge in [-0.3, -0.25) is 9.59 Å². The topological polar surface area (TPSA) is 122 Å². The molecule has 0 fully saturated rings. The van der Waals surface area contributed by atoms with Crippen molar-refractivity contribution in [3.63, 3.8) is 0 Å². The van der Waals surface area contributed by atoms with Gasteiger partial charge < -0.3 is 24.8 Å². The third-order valence-corrected chi connectivity index (χ3v) is 10.1. The highest BCUT2D eigenvalue weighted by Gasteiger charge is 2.26. The number of Topliss-reactive ketones (excluding diaryl/α,β-unsaturated/α-hetero) is 1. The number of methoxy groups -OCH3 is 2. The lowest BCUT2D eigenvalue weighted by molar-refractivity contribution is -0.123. The summed E-state index contributed by atoms with van der Waals surface area (Å²) >= 11 is 1.59. The molecule has 0 spiro atoms. The van der Waals surface area contributed by atoms with Crippen LogP contribution in [-0.4, -0.2) is 52.1 Å². The van der Waals surface area contributed by atoms with Gasteiger partial charge in [0.25, 0.3) is 0 Å². The summed E-state index contributed by atoms with van der Waals surface area (Å²) in [4.78, 5) is 44.4. The lowest BCUT2D eigenvalue weighted by Crippen LogP contribution is -2.32. The summed E-state index contributed by atoms with van der Waals surface area (Å²) in [5, 5.41) is 5.26. The summed E-state index contributed by atoms with van der Waals surface area (Å²) in [5.41, 5.74) is 6.00. The SMILES string of the molecule is COc1ccc2[nH]c(C)c(C(C)C(=O)N[C@@H](CCCCCC(=O)c3ccccc3SC)c3ncc(-c4cc5ccccc5nc4OC)[nH]3)c2c1. The number of amides is 1. The summed E-state index contributed by atoms with van der Waals surface area (Å²) in [6.07, 6.45) is 7.29. The molecule has 9 nitrogen and oxygen atoms in total. The van der Waals surface area contributed by atoms with E-state index in [9.17, 15) is 9.59 Å². The van der Waals surface area contributed by atoms with Crippen LogP contribution in [0.1, 0.15) is 78.4 Å². The number of rotatable bonds is 15. The summed E-state index contributed by atoms with van der Waals surface area (Å²) in [5.74, 6) is 1.50. The van der Waals surface area contributed by atoms with Crippen LogP contribution in [0.5, 0.6) is 11.6 Å². The molecule has 1 amide bonds. The fourth-order valence-corrected chi connectivity index (χ4v) is 7.25. The Hall–Kier alpha value is -5.09. The molecule has 0 saturated heterocycles. The van der Waals surface area contributed by atoms with Crippen LogP contribution in [-0.2, 0) is 4.79 Å². The lowest BCUT2D eigenvalue weighted by Gasteiger charge is -2.20. The lowest BCUT2D eigenvalue weighted by atomic mass is 9.96. The Kier molecular flexibility index (Phi) is 10.9. The number of para-hydroxylation sites is 1.